The normalized spacial score (nSPS) is 18.7. The molecule has 5 rings (SSSR count). The maximum absolute atomic E-state index is 13.8. The third-order valence-corrected chi connectivity index (χ3v) is 5.64. The standard InChI is InChI=1S/C21H16BrFN6O/c1-12-6-15(9-24)27-29(12)21-16(19-8-14(23)10-30-19)3-5-20(26-21)28-11-25-17-7-13(22)2-4-18(17)28/h2-7,11,14,19H,8,10H2,1H3/t14-,19-/m0/s1. The molecule has 1 fully saturated rings. The molecule has 0 saturated carbocycles. The van der Waals surface area contributed by atoms with Crippen molar-refractivity contribution in [3.8, 4) is 17.7 Å². The van der Waals surface area contributed by atoms with Gasteiger partial charge in [-0.05, 0) is 43.3 Å². The molecule has 7 nitrogen and oxygen atoms in total. The fourth-order valence-corrected chi connectivity index (χ4v) is 4.07. The second kappa shape index (κ2) is 7.31. The van der Waals surface area contributed by atoms with Crippen molar-refractivity contribution < 1.29 is 9.13 Å². The molecule has 2 atom stereocenters. The summed E-state index contributed by atoms with van der Waals surface area (Å²) >= 11 is 3.46. The number of imidazole rings is 1. The molecule has 4 heterocycles. The zero-order chi connectivity index (χ0) is 20.8. The molecule has 4 aromatic rings. The van der Waals surface area contributed by atoms with Gasteiger partial charge < -0.3 is 4.74 Å². The number of hydrogen-bond acceptors (Lipinski definition) is 5. The monoisotopic (exact) mass is 466 g/mol. The van der Waals surface area contributed by atoms with Crippen molar-refractivity contribution in [2.45, 2.75) is 25.6 Å². The molecule has 3 aromatic heterocycles. The summed E-state index contributed by atoms with van der Waals surface area (Å²) in [6.45, 7) is 1.91. The van der Waals surface area contributed by atoms with E-state index in [0.717, 1.165) is 26.8 Å². The number of pyridine rings is 1. The van der Waals surface area contributed by atoms with E-state index in [1.54, 1.807) is 17.1 Å². The Kier molecular flexibility index (Phi) is 4.60. The SMILES string of the molecule is Cc1cc(C#N)nn1-c1nc(-n2cnc3cc(Br)ccc32)ccc1[C@@H]1C[C@H](F)CO1. The van der Waals surface area contributed by atoms with E-state index >= 15 is 0 Å². The Morgan fingerprint density at radius 3 is 2.87 bits per heavy atom. The molecule has 1 aromatic carbocycles. The second-order valence-electron chi connectivity index (χ2n) is 7.18. The van der Waals surface area contributed by atoms with Crippen molar-refractivity contribution >= 4 is 27.0 Å². The lowest BCUT2D eigenvalue weighted by Crippen LogP contribution is -2.12. The number of halogens is 2. The molecular weight excluding hydrogens is 451 g/mol. The average Bonchev–Trinajstić information content (AvgIpc) is 3.45. The highest BCUT2D eigenvalue weighted by Gasteiger charge is 2.30. The molecule has 0 unspecified atom stereocenters. The quantitative estimate of drug-likeness (QED) is 0.448. The molecule has 150 valence electrons. The van der Waals surface area contributed by atoms with Gasteiger partial charge in [0.05, 0.1) is 23.7 Å². The van der Waals surface area contributed by atoms with Crippen molar-refractivity contribution in [2.24, 2.45) is 0 Å². The first-order valence-electron chi connectivity index (χ1n) is 9.40. The molecule has 0 spiro atoms. The number of aryl methyl sites for hydroxylation is 1. The molecule has 1 aliphatic heterocycles. The van der Waals surface area contributed by atoms with Crippen LogP contribution in [-0.4, -0.2) is 37.1 Å². The van der Waals surface area contributed by atoms with Gasteiger partial charge in [0.1, 0.15) is 24.4 Å². The van der Waals surface area contributed by atoms with Crippen molar-refractivity contribution in [3.05, 3.63) is 64.1 Å². The summed E-state index contributed by atoms with van der Waals surface area (Å²) in [6, 6.07) is 13.3. The molecule has 0 radical (unpaired) electrons. The van der Waals surface area contributed by atoms with E-state index in [2.05, 4.69) is 32.1 Å². The van der Waals surface area contributed by atoms with Gasteiger partial charge >= 0.3 is 0 Å². The summed E-state index contributed by atoms with van der Waals surface area (Å²) in [5, 5.41) is 13.6. The van der Waals surface area contributed by atoms with Crippen LogP contribution in [0.4, 0.5) is 4.39 Å². The topological polar surface area (TPSA) is 81.5 Å². The van der Waals surface area contributed by atoms with Gasteiger partial charge in [-0.15, -0.1) is 0 Å². The minimum Gasteiger partial charge on any atom is -0.370 e. The van der Waals surface area contributed by atoms with E-state index < -0.39 is 12.3 Å². The molecule has 30 heavy (non-hydrogen) atoms. The Morgan fingerprint density at radius 1 is 1.27 bits per heavy atom. The number of aromatic nitrogens is 5. The lowest BCUT2D eigenvalue weighted by Gasteiger charge is -2.17. The third-order valence-electron chi connectivity index (χ3n) is 5.14. The van der Waals surface area contributed by atoms with Crippen LogP contribution in [0.25, 0.3) is 22.7 Å². The van der Waals surface area contributed by atoms with Crippen molar-refractivity contribution in [3.63, 3.8) is 0 Å². The van der Waals surface area contributed by atoms with Crippen molar-refractivity contribution in [2.75, 3.05) is 6.61 Å². The Balaban J connectivity index is 1.69. The van der Waals surface area contributed by atoms with Gasteiger partial charge in [0, 0.05) is 22.2 Å². The lowest BCUT2D eigenvalue weighted by molar-refractivity contribution is 0.103. The van der Waals surface area contributed by atoms with Crippen LogP contribution in [0.2, 0.25) is 0 Å². The zero-order valence-electron chi connectivity index (χ0n) is 16.0. The molecule has 0 bridgehead atoms. The van der Waals surface area contributed by atoms with E-state index in [9.17, 15) is 9.65 Å². The van der Waals surface area contributed by atoms with Crippen LogP contribution in [0.15, 0.2) is 47.2 Å². The summed E-state index contributed by atoms with van der Waals surface area (Å²) in [7, 11) is 0. The number of nitrogens with zero attached hydrogens (tertiary/aromatic N) is 6. The first-order valence-corrected chi connectivity index (χ1v) is 10.2. The van der Waals surface area contributed by atoms with Gasteiger partial charge in [-0.2, -0.15) is 10.4 Å². The smallest absolute Gasteiger partial charge is 0.163 e. The summed E-state index contributed by atoms with van der Waals surface area (Å²) in [6.07, 6.45) is 0.554. The first kappa shape index (κ1) is 18.9. The van der Waals surface area contributed by atoms with E-state index in [4.69, 9.17) is 9.72 Å². The second-order valence-corrected chi connectivity index (χ2v) is 8.10. The molecule has 0 N–H and O–H groups in total. The van der Waals surface area contributed by atoms with E-state index in [0.29, 0.717) is 17.3 Å². The van der Waals surface area contributed by atoms with Gasteiger partial charge in [-0.3, -0.25) is 4.57 Å². The van der Waals surface area contributed by atoms with Crippen LogP contribution in [0.3, 0.4) is 0 Å². The van der Waals surface area contributed by atoms with Gasteiger partial charge in [0.25, 0.3) is 0 Å². The van der Waals surface area contributed by atoms with E-state index in [1.165, 1.54) is 0 Å². The largest absolute Gasteiger partial charge is 0.370 e. The fourth-order valence-electron chi connectivity index (χ4n) is 3.72. The summed E-state index contributed by atoms with van der Waals surface area (Å²) in [5.74, 6) is 1.16. The van der Waals surface area contributed by atoms with Gasteiger partial charge in [0.15, 0.2) is 11.5 Å². The summed E-state index contributed by atoms with van der Waals surface area (Å²) in [4.78, 5) is 9.29. The highest BCUT2D eigenvalue weighted by atomic mass is 79.9. The molecule has 0 aliphatic carbocycles. The number of benzene rings is 1. The average molecular weight is 467 g/mol. The van der Waals surface area contributed by atoms with Gasteiger partial charge in [-0.25, -0.2) is 19.0 Å². The van der Waals surface area contributed by atoms with E-state index in [-0.39, 0.29) is 13.0 Å². The van der Waals surface area contributed by atoms with Crippen LogP contribution in [-0.2, 0) is 4.74 Å². The number of nitriles is 1. The Bertz CT molecular complexity index is 1310. The highest BCUT2D eigenvalue weighted by Crippen LogP contribution is 2.34. The number of ether oxygens (including phenoxy) is 1. The van der Waals surface area contributed by atoms with Gasteiger partial charge in [0.2, 0.25) is 0 Å². The van der Waals surface area contributed by atoms with E-state index in [1.807, 2.05) is 41.8 Å². The van der Waals surface area contributed by atoms with Crippen LogP contribution < -0.4 is 0 Å². The number of hydrogen-bond donors (Lipinski definition) is 0. The Hall–Kier alpha value is -3.09. The molecule has 1 saturated heterocycles. The highest BCUT2D eigenvalue weighted by molar-refractivity contribution is 9.10. The molecule has 0 amide bonds. The fraction of sp³-hybridized carbons (Fsp3) is 0.238. The minimum atomic E-state index is -1.01. The lowest BCUT2D eigenvalue weighted by atomic mass is 10.1. The van der Waals surface area contributed by atoms with Crippen LogP contribution >= 0.6 is 15.9 Å². The van der Waals surface area contributed by atoms with Crippen LogP contribution in [0, 0.1) is 18.3 Å². The molecular formula is C21H16BrFN6O. The number of fused-ring (bicyclic) bond motifs is 1. The maximum atomic E-state index is 13.8. The number of alkyl halides is 1. The van der Waals surface area contributed by atoms with Crippen LogP contribution in [0.1, 0.15) is 29.5 Å². The Morgan fingerprint density at radius 2 is 2.13 bits per heavy atom. The van der Waals surface area contributed by atoms with Crippen molar-refractivity contribution in [1.29, 1.82) is 5.26 Å². The Labute approximate surface area is 179 Å². The predicted molar refractivity (Wildman–Crippen MR) is 111 cm³/mol. The number of rotatable bonds is 3. The molecule has 9 heteroatoms. The van der Waals surface area contributed by atoms with Crippen LogP contribution in [0.5, 0.6) is 0 Å². The van der Waals surface area contributed by atoms with Gasteiger partial charge in [-0.1, -0.05) is 15.9 Å². The third kappa shape index (κ3) is 3.18. The minimum absolute atomic E-state index is 0.0639. The van der Waals surface area contributed by atoms with Crippen molar-refractivity contribution in [1.82, 2.24) is 24.3 Å². The summed E-state index contributed by atoms with van der Waals surface area (Å²) < 4.78 is 23.9. The molecule has 1 aliphatic rings. The zero-order valence-corrected chi connectivity index (χ0v) is 17.5. The maximum Gasteiger partial charge on any atom is 0.163 e. The first-order chi connectivity index (χ1) is 14.5. The summed E-state index contributed by atoms with van der Waals surface area (Å²) in [5.41, 5.74) is 3.52. The predicted octanol–water partition coefficient (Wildman–Crippen LogP) is 4.35.